The van der Waals surface area contributed by atoms with Gasteiger partial charge in [0.05, 0.1) is 17.4 Å². The van der Waals surface area contributed by atoms with Crippen LogP contribution in [-0.4, -0.2) is 26.7 Å². The maximum Gasteiger partial charge on any atom is 0.253 e. The molecule has 5 heteroatoms. The Morgan fingerprint density at radius 1 is 1.19 bits per heavy atom. The zero-order chi connectivity index (χ0) is 14.5. The Bertz CT molecular complexity index is 586. The molecule has 2 heterocycles. The lowest BCUT2D eigenvalue weighted by Crippen LogP contribution is -2.34. The predicted octanol–water partition coefficient (Wildman–Crippen LogP) is 2.72. The van der Waals surface area contributed by atoms with Crippen LogP contribution in [0.25, 0.3) is 5.69 Å². The number of hydrogen-bond donors (Lipinski definition) is 1. The van der Waals surface area contributed by atoms with E-state index in [2.05, 4.69) is 15.4 Å². The first-order valence-corrected chi connectivity index (χ1v) is 7.59. The van der Waals surface area contributed by atoms with Gasteiger partial charge < -0.3 is 5.32 Å². The number of nitrogens with one attached hydrogen (secondary N) is 1. The summed E-state index contributed by atoms with van der Waals surface area (Å²) < 4.78 is 1.70. The second-order valence-corrected chi connectivity index (χ2v) is 5.54. The third kappa shape index (κ3) is 3.48. The van der Waals surface area contributed by atoms with Crippen molar-refractivity contribution >= 4 is 5.91 Å². The molecule has 2 aromatic rings. The third-order valence-corrected chi connectivity index (χ3v) is 3.95. The van der Waals surface area contributed by atoms with Gasteiger partial charge in [-0.3, -0.25) is 9.78 Å². The van der Waals surface area contributed by atoms with Crippen molar-refractivity contribution in [1.82, 2.24) is 20.1 Å². The average molecular weight is 284 g/mol. The predicted molar refractivity (Wildman–Crippen MR) is 80.3 cm³/mol. The van der Waals surface area contributed by atoms with E-state index in [1.54, 1.807) is 23.3 Å². The minimum Gasteiger partial charge on any atom is -0.349 e. The van der Waals surface area contributed by atoms with Crippen LogP contribution in [0.3, 0.4) is 0 Å². The molecule has 5 nitrogen and oxygen atoms in total. The second kappa shape index (κ2) is 6.52. The normalized spacial score (nSPS) is 16.4. The minimum absolute atomic E-state index is 0.0385. The molecule has 1 aliphatic carbocycles. The van der Waals surface area contributed by atoms with E-state index < -0.39 is 0 Å². The van der Waals surface area contributed by atoms with Crippen molar-refractivity contribution in [2.45, 2.75) is 44.6 Å². The summed E-state index contributed by atoms with van der Waals surface area (Å²) in [6, 6.07) is 3.97. The highest BCUT2D eigenvalue weighted by Gasteiger charge is 2.16. The summed E-state index contributed by atoms with van der Waals surface area (Å²) in [6.07, 6.45) is 14.0. The summed E-state index contributed by atoms with van der Waals surface area (Å²) in [5.74, 6) is -0.0385. The highest BCUT2D eigenvalue weighted by atomic mass is 16.1. The number of rotatable bonds is 3. The Kier molecular flexibility index (Phi) is 4.28. The molecule has 1 amide bonds. The highest BCUT2D eigenvalue weighted by molar-refractivity contribution is 5.94. The quantitative estimate of drug-likeness (QED) is 0.882. The van der Waals surface area contributed by atoms with Gasteiger partial charge in [-0.1, -0.05) is 25.7 Å². The standard InChI is InChI=1S/C16H20N4O/c21-16(19-14-6-3-1-2-4-7-14)13-10-15(12-17-11-13)20-9-5-8-18-20/h5,8-12,14H,1-4,6-7H2,(H,19,21). The van der Waals surface area contributed by atoms with E-state index in [0.717, 1.165) is 18.5 Å². The molecular formula is C16H20N4O. The molecule has 0 saturated heterocycles. The van der Waals surface area contributed by atoms with Crippen LogP contribution in [0.1, 0.15) is 48.9 Å². The van der Waals surface area contributed by atoms with Crippen molar-refractivity contribution in [1.29, 1.82) is 0 Å². The van der Waals surface area contributed by atoms with E-state index in [4.69, 9.17) is 0 Å². The summed E-state index contributed by atoms with van der Waals surface area (Å²) in [7, 11) is 0. The Morgan fingerprint density at radius 3 is 2.71 bits per heavy atom. The molecule has 2 aromatic heterocycles. The van der Waals surface area contributed by atoms with E-state index in [9.17, 15) is 4.79 Å². The van der Waals surface area contributed by atoms with Crippen molar-refractivity contribution in [2.24, 2.45) is 0 Å². The van der Waals surface area contributed by atoms with Gasteiger partial charge in [0, 0.05) is 24.6 Å². The van der Waals surface area contributed by atoms with Crippen LogP contribution in [0, 0.1) is 0 Å². The fourth-order valence-corrected chi connectivity index (χ4v) is 2.79. The van der Waals surface area contributed by atoms with Crippen LogP contribution in [0.2, 0.25) is 0 Å². The summed E-state index contributed by atoms with van der Waals surface area (Å²) in [6.45, 7) is 0. The Labute approximate surface area is 124 Å². The van der Waals surface area contributed by atoms with Crippen LogP contribution in [0.5, 0.6) is 0 Å². The van der Waals surface area contributed by atoms with Crippen molar-refractivity contribution in [2.75, 3.05) is 0 Å². The molecule has 0 atom stereocenters. The number of pyridine rings is 1. The topological polar surface area (TPSA) is 59.8 Å². The van der Waals surface area contributed by atoms with E-state index in [-0.39, 0.29) is 5.91 Å². The lowest BCUT2D eigenvalue weighted by Gasteiger charge is -2.16. The number of aromatic nitrogens is 3. The molecule has 1 fully saturated rings. The summed E-state index contributed by atoms with van der Waals surface area (Å²) >= 11 is 0. The monoisotopic (exact) mass is 284 g/mol. The van der Waals surface area contributed by atoms with Crippen LogP contribution in [-0.2, 0) is 0 Å². The van der Waals surface area contributed by atoms with Gasteiger partial charge in [0.25, 0.3) is 5.91 Å². The lowest BCUT2D eigenvalue weighted by atomic mass is 10.1. The average Bonchev–Trinajstić information content (AvgIpc) is 2.93. The number of carbonyl (C=O) groups is 1. The fourth-order valence-electron chi connectivity index (χ4n) is 2.79. The maximum absolute atomic E-state index is 12.4. The van der Waals surface area contributed by atoms with Crippen LogP contribution < -0.4 is 5.32 Å². The second-order valence-electron chi connectivity index (χ2n) is 5.54. The molecule has 21 heavy (non-hydrogen) atoms. The van der Waals surface area contributed by atoms with Crippen LogP contribution >= 0.6 is 0 Å². The molecule has 3 rings (SSSR count). The van der Waals surface area contributed by atoms with Gasteiger partial charge in [-0.15, -0.1) is 0 Å². The Hall–Kier alpha value is -2.17. The van der Waals surface area contributed by atoms with Gasteiger partial charge in [-0.25, -0.2) is 4.68 Å². The molecule has 1 aliphatic rings. The van der Waals surface area contributed by atoms with Gasteiger partial charge in [-0.2, -0.15) is 5.10 Å². The Balaban J connectivity index is 1.71. The third-order valence-electron chi connectivity index (χ3n) is 3.95. The van der Waals surface area contributed by atoms with Gasteiger partial charge in [0.1, 0.15) is 0 Å². The van der Waals surface area contributed by atoms with Crippen molar-refractivity contribution in [3.05, 3.63) is 42.5 Å². The highest BCUT2D eigenvalue weighted by Crippen LogP contribution is 2.18. The first-order chi connectivity index (χ1) is 10.3. The summed E-state index contributed by atoms with van der Waals surface area (Å²) in [5, 5.41) is 7.30. The molecular weight excluding hydrogens is 264 g/mol. The molecule has 1 saturated carbocycles. The van der Waals surface area contributed by atoms with Gasteiger partial charge in [-0.05, 0) is 25.0 Å². The SMILES string of the molecule is O=C(NC1CCCCCC1)c1cncc(-n2cccn2)c1. The zero-order valence-corrected chi connectivity index (χ0v) is 12.0. The van der Waals surface area contributed by atoms with Gasteiger partial charge in [0.2, 0.25) is 0 Å². The molecule has 110 valence electrons. The van der Waals surface area contributed by atoms with E-state index >= 15 is 0 Å². The first-order valence-electron chi connectivity index (χ1n) is 7.59. The van der Waals surface area contributed by atoms with Gasteiger partial charge in [0.15, 0.2) is 0 Å². The molecule has 0 bridgehead atoms. The number of nitrogens with zero attached hydrogens (tertiary/aromatic N) is 3. The molecule has 0 radical (unpaired) electrons. The molecule has 0 aromatic carbocycles. The molecule has 1 N–H and O–H groups in total. The zero-order valence-electron chi connectivity index (χ0n) is 12.0. The summed E-state index contributed by atoms with van der Waals surface area (Å²) in [4.78, 5) is 16.5. The number of carbonyl (C=O) groups excluding carboxylic acids is 1. The van der Waals surface area contributed by atoms with Crippen LogP contribution in [0.15, 0.2) is 36.9 Å². The molecule has 0 aliphatic heterocycles. The van der Waals surface area contributed by atoms with Crippen molar-refractivity contribution < 1.29 is 4.79 Å². The van der Waals surface area contributed by atoms with E-state index in [1.807, 2.05) is 18.3 Å². The first kappa shape index (κ1) is 13.8. The smallest absolute Gasteiger partial charge is 0.253 e. The number of amides is 1. The van der Waals surface area contributed by atoms with E-state index in [1.165, 1.54) is 25.7 Å². The molecule has 0 unspecified atom stereocenters. The maximum atomic E-state index is 12.4. The van der Waals surface area contributed by atoms with Crippen LogP contribution in [0.4, 0.5) is 0 Å². The van der Waals surface area contributed by atoms with Crippen molar-refractivity contribution in [3.8, 4) is 5.69 Å². The molecule has 0 spiro atoms. The number of hydrogen-bond acceptors (Lipinski definition) is 3. The minimum atomic E-state index is -0.0385. The summed E-state index contributed by atoms with van der Waals surface area (Å²) in [5.41, 5.74) is 1.39. The Morgan fingerprint density at radius 2 is 2.00 bits per heavy atom. The fraction of sp³-hybridized carbons (Fsp3) is 0.438. The van der Waals surface area contributed by atoms with Gasteiger partial charge >= 0.3 is 0 Å². The van der Waals surface area contributed by atoms with E-state index in [0.29, 0.717) is 11.6 Å². The largest absolute Gasteiger partial charge is 0.349 e. The van der Waals surface area contributed by atoms with Crippen molar-refractivity contribution in [3.63, 3.8) is 0 Å². The lowest BCUT2D eigenvalue weighted by molar-refractivity contribution is 0.0933.